The molecule has 2 aromatic carbocycles. The van der Waals surface area contributed by atoms with Gasteiger partial charge in [0.15, 0.2) is 11.5 Å². The number of carbonyl (C=O) groups is 1. The summed E-state index contributed by atoms with van der Waals surface area (Å²) in [6.45, 7) is 2.29. The monoisotopic (exact) mass is 364 g/mol. The SMILES string of the molecule is COc1ccc(NC(=O)c2cccc3c4c([nH]c23)CCC(C)C4)cc1OC. The van der Waals surface area contributed by atoms with E-state index < -0.39 is 0 Å². The Bertz CT molecular complexity index is 1010. The molecule has 1 heterocycles. The van der Waals surface area contributed by atoms with Crippen molar-refractivity contribution in [2.45, 2.75) is 26.2 Å². The first kappa shape index (κ1) is 17.5. The quantitative estimate of drug-likeness (QED) is 0.713. The minimum Gasteiger partial charge on any atom is -0.493 e. The summed E-state index contributed by atoms with van der Waals surface area (Å²) in [6, 6.07) is 11.3. The molecule has 4 rings (SSSR count). The van der Waals surface area contributed by atoms with Crippen molar-refractivity contribution in [1.29, 1.82) is 0 Å². The zero-order valence-electron chi connectivity index (χ0n) is 15.9. The van der Waals surface area contributed by atoms with Crippen molar-refractivity contribution in [1.82, 2.24) is 4.98 Å². The van der Waals surface area contributed by atoms with Crippen LogP contribution in [0.3, 0.4) is 0 Å². The molecule has 1 aromatic heterocycles. The van der Waals surface area contributed by atoms with E-state index in [2.05, 4.69) is 23.3 Å². The van der Waals surface area contributed by atoms with Crippen LogP contribution in [0.15, 0.2) is 36.4 Å². The largest absolute Gasteiger partial charge is 0.493 e. The number of fused-ring (bicyclic) bond motifs is 3. The van der Waals surface area contributed by atoms with E-state index in [0.29, 0.717) is 28.7 Å². The average Bonchev–Trinajstić information content (AvgIpc) is 3.05. The predicted molar refractivity (Wildman–Crippen MR) is 107 cm³/mol. The van der Waals surface area contributed by atoms with Crippen molar-refractivity contribution in [3.8, 4) is 11.5 Å². The second-order valence-electron chi connectivity index (χ2n) is 7.18. The van der Waals surface area contributed by atoms with Gasteiger partial charge in [-0.25, -0.2) is 0 Å². The number of ether oxygens (including phenoxy) is 2. The first-order valence-electron chi connectivity index (χ1n) is 9.26. The summed E-state index contributed by atoms with van der Waals surface area (Å²) in [5.41, 5.74) is 4.89. The maximum Gasteiger partial charge on any atom is 0.257 e. The van der Waals surface area contributed by atoms with Crippen molar-refractivity contribution >= 4 is 22.5 Å². The van der Waals surface area contributed by atoms with E-state index in [9.17, 15) is 4.79 Å². The normalized spacial score (nSPS) is 16.0. The van der Waals surface area contributed by atoms with E-state index in [0.717, 1.165) is 23.7 Å². The van der Waals surface area contributed by atoms with E-state index in [-0.39, 0.29) is 5.91 Å². The van der Waals surface area contributed by atoms with Gasteiger partial charge in [0.2, 0.25) is 0 Å². The Kier molecular flexibility index (Phi) is 4.52. The third-order valence-corrected chi connectivity index (χ3v) is 5.36. The van der Waals surface area contributed by atoms with E-state index in [1.807, 2.05) is 12.1 Å². The van der Waals surface area contributed by atoms with E-state index in [1.165, 1.54) is 17.7 Å². The van der Waals surface area contributed by atoms with Gasteiger partial charge in [-0.2, -0.15) is 0 Å². The molecular formula is C22H24N2O3. The Balaban J connectivity index is 1.67. The molecule has 0 bridgehead atoms. The number of hydrogen-bond donors (Lipinski definition) is 2. The molecule has 0 fully saturated rings. The first-order valence-corrected chi connectivity index (χ1v) is 9.26. The fourth-order valence-corrected chi connectivity index (χ4v) is 3.92. The van der Waals surface area contributed by atoms with Gasteiger partial charge in [0.25, 0.3) is 5.91 Å². The summed E-state index contributed by atoms with van der Waals surface area (Å²) in [5, 5.41) is 4.13. The maximum atomic E-state index is 13.0. The molecule has 1 atom stereocenters. The van der Waals surface area contributed by atoms with Crippen LogP contribution in [-0.2, 0) is 12.8 Å². The van der Waals surface area contributed by atoms with Crippen LogP contribution in [-0.4, -0.2) is 25.1 Å². The Morgan fingerprint density at radius 2 is 1.96 bits per heavy atom. The first-order chi connectivity index (χ1) is 13.1. The fraction of sp³-hybridized carbons (Fsp3) is 0.318. The van der Waals surface area contributed by atoms with Crippen molar-refractivity contribution < 1.29 is 14.3 Å². The lowest BCUT2D eigenvalue weighted by atomic mass is 9.87. The lowest BCUT2D eigenvalue weighted by Gasteiger charge is -2.17. The van der Waals surface area contributed by atoms with Crippen LogP contribution < -0.4 is 14.8 Å². The second kappa shape index (κ2) is 6.99. The van der Waals surface area contributed by atoms with Gasteiger partial charge in [-0.1, -0.05) is 19.1 Å². The number of aromatic amines is 1. The van der Waals surface area contributed by atoms with Crippen LogP contribution in [0.5, 0.6) is 11.5 Å². The van der Waals surface area contributed by atoms with Gasteiger partial charge in [-0.3, -0.25) is 4.79 Å². The highest BCUT2D eigenvalue weighted by molar-refractivity contribution is 6.12. The van der Waals surface area contributed by atoms with Gasteiger partial charge >= 0.3 is 0 Å². The number of rotatable bonds is 4. The number of para-hydroxylation sites is 1. The Morgan fingerprint density at radius 3 is 2.74 bits per heavy atom. The van der Waals surface area contributed by atoms with Gasteiger partial charge in [-0.05, 0) is 48.9 Å². The zero-order chi connectivity index (χ0) is 19.0. The standard InChI is InChI=1S/C22H24N2O3/c1-13-7-9-18-17(11-13)15-5-4-6-16(21(15)24-18)22(25)23-14-8-10-19(26-2)20(12-14)27-3/h4-6,8,10,12-13,24H,7,9,11H2,1-3H3,(H,23,25). The average molecular weight is 364 g/mol. The number of benzene rings is 2. The molecule has 0 spiro atoms. The summed E-state index contributed by atoms with van der Waals surface area (Å²) >= 11 is 0. The van der Waals surface area contributed by atoms with Crippen LogP contribution in [0.25, 0.3) is 10.9 Å². The summed E-state index contributed by atoms with van der Waals surface area (Å²) in [7, 11) is 3.17. The molecule has 0 saturated carbocycles. The summed E-state index contributed by atoms with van der Waals surface area (Å²) < 4.78 is 10.6. The number of aryl methyl sites for hydroxylation is 1. The number of carbonyl (C=O) groups excluding carboxylic acids is 1. The second-order valence-corrected chi connectivity index (χ2v) is 7.18. The third kappa shape index (κ3) is 3.14. The minimum atomic E-state index is -0.139. The van der Waals surface area contributed by atoms with Crippen molar-refractivity contribution in [2.24, 2.45) is 5.92 Å². The summed E-state index contributed by atoms with van der Waals surface area (Å²) in [5.74, 6) is 1.75. The van der Waals surface area contributed by atoms with E-state index in [1.54, 1.807) is 32.4 Å². The molecule has 2 N–H and O–H groups in total. The van der Waals surface area contributed by atoms with Gasteiger partial charge in [0.05, 0.1) is 25.3 Å². The highest BCUT2D eigenvalue weighted by Gasteiger charge is 2.22. The van der Waals surface area contributed by atoms with Gasteiger partial charge < -0.3 is 19.8 Å². The van der Waals surface area contributed by atoms with Gasteiger partial charge in [0.1, 0.15) is 0 Å². The molecule has 5 heteroatoms. The molecule has 1 aliphatic carbocycles. The van der Waals surface area contributed by atoms with Crippen LogP contribution >= 0.6 is 0 Å². The van der Waals surface area contributed by atoms with E-state index in [4.69, 9.17) is 9.47 Å². The summed E-state index contributed by atoms with van der Waals surface area (Å²) in [4.78, 5) is 16.5. The van der Waals surface area contributed by atoms with Crippen molar-refractivity contribution in [3.05, 3.63) is 53.2 Å². The Morgan fingerprint density at radius 1 is 1.15 bits per heavy atom. The maximum absolute atomic E-state index is 13.0. The number of aromatic nitrogens is 1. The third-order valence-electron chi connectivity index (χ3n) is 5.36. The number of amides is 1. The van der Waals surface area contributed by atoms with Crippen LogP contribution in [0.2, 0.25) is 0 Å². The molecule has 0 saturated heterocycles. The number of methoxy groups -OCH3 is 2. The lowest BCUT2D eigenvalue weighted by molar-refractivity contribution is 0.102. The van der Waals surface area contributed by atoms with Crippen LogP contribution in [0.4, 0.5) is 5.69 Å². The predicted octanol–water partition coefficient (Wildman–Crippen LogP) is 4.56. The minimum absolute atomic E-state index is 0.139. The van der Waals surface area contributed by atoms with Crippen LogP contribution in [0.1, 0.15) is 35.0 Å². The highest BCUT2D eigenvalue weighted by atomic mass is 16.5. The zero-order valence-corrected chi connectivity index (χ0v) is 15.9. The van der Waals surface area contributed by atoms with Crippen molar-refractivity contribution in [3.63, 3.8) is 0 Å². The molecule has 1 unspecified atom stereocenters. The fourth-order valence-electron chi connectivity index (χ4n) is 3.92. The Hall–Kier alpha value is -2.95. The topological polar surface area (TPSA) is 63.3 Å². The highest BCUT2D eigenvalue weighted by Crippen LogP contribution is 2.34. The molecule has 1 amide bonds. The summed E-state index contributed by atoms with van der Waals surface area (Å²) in [6.07, 6.45) is 3.30. The molecule has 27 heavy (non-hydrogen) atoms. The number of H-pyrrole nitrogens is 1. The smallest absolute Gasteiger partial charge is 0.257 e. The molecule has 140 valence electrons. The molecule has 1 aliphatic rings. The Labute approximate surface area is 158 Å². The number of anilines is 1. The molecule has 0 aliphatic heterocycles. The number of hydrogen-bond acceptors (Lipinski definition) is 3. The van der Waals surface area contributed by atoms with E-state index >= 15 is 0 Å². The van der Waals surface area contributed by atoms with Gasteiger partial charge in [-0.15, -0.1) is 0 Å². The van der Waals surface area contributed by atoms with Gasteiger partial charge in [0, 0.05) is 22.8 Å². The number of nitrogens with one attached hydrogen (secondary N) is 2. The molecule has 0 radical (unpaired) electrons. The lowest BCUT2D eigenvalue weighted by Crippen LogP contribution is -2.12. The van der Waals surface area contributed by atoms with Crippen molar-refractivity contribution in [2.75, 3.05) is 19.5 Å². The molecular weight excluding hydrogens is 340 g/mol. The molecule has 3 aromatic rings. The molecule has 5 nitrogen and oxygen atoms in total. The van der Waals surface area contributed by atoms with Crippen LogP contribution in [0, 0.1) is 5.92 Å².